The van der Waals surface area contributed by atoms with Crippen molar-refractivity contribution in [3.8, 4) is 0 Å². The molecule has 1 amide bonds. The first-order valence-corrected chi connectivity index (χ1v) is 12.0. The summed E-state index contributed by atoms with van der Waals surface area (Å²) in [6, 6.07) is 6.61. The van der Waals surface area contributed by atoms with Gasteiger partial charge in [-0.15, -0.1) is 0 Å². The van der Waals surface area contributed by atoms with E-state index in [4.69, 9.17) is 4.74 Å². The standard InChI is InChI=1S/C22H36N2O6S/c1-22(2,3)30-21(27)23-14-8-5-9-15-24(4)31(28,29)20-13-7-6-12-19(20)18(17-26)11-10-16-25/h6-7,12-13,16,18,26H,5,8-11,14-15,17H2,1-4H3,(H,23,27). The molecule has 0 aromatic heterocycles. The Hall–Kier alpha value is -1.97. The first kappa shape index (κ1) is 27.1. The summed E-state index contributed by atoms with van der Waals surface area (Å²) in [7, 11) is -2.20. The second-order valence-corrected chi connectivity index (χ2v) is 10.5. The maximum atomic E-state index is 13.1. The molecule has 0 saturated carbocycles. The fraction of sp³-hybridized carbons (Fsp3) is 0.636. The number of hydrogen-bond acceptors (Lipinski definition) is 6. The maximum Gasteiger partial charge on any atom is 0.407 e. The van der Waals surface area contributed by atoms with E-state index >= 15 is 0 Å². The van der Waals surface area contributed by atoms with Gasteiger partial charge in [0.15, 0.2) is 0 Å². The van der Waals surface area contributed by atoms with E-state index in [1.54, 1.807) is 39.0 Å². The number of nitrogens with zero attached hydrogens (tertiary/aromatic N) is 1. The number of hydrogen-bond donors (Lipinski definition) is 2. The Morgan fingerprint density at radius 1 is 1.23 bits per heavy atom. The van der Waals surface area contributed by atoms with Gasteiger partial charge in [-0.05, 0) is 51.7 Å². The molecule has 0 heterocycles. The Morgan fingerprint density at radius 3 is 2.52 bits per heavy atom. The molecule has 1 rings (SSSR count). The Morgan fingerprint density at radius 2 is 1.90 bits per heavy atom. The van der Waals surface area contributed by atoms with Crippen molar-refractivity contribution in [2.24, 2.45) is 0 Å². The van der Waals surface area contributed by atoms with Gasteiger partial charge in [-0.3, -0.25) is 0 Å². The molecule has 0 aliphatic rings. The number of aldehydes is 1. The van der Waals surface area contributed by atoms with E-state index in [0.717, 1.165) is 12.7 Å². The highest BCUT2D eigenvalue weighted by Gasteiger charge is 2.26. The molecule has 0 fully saturated rings. The first-order chi connectivity index (χ1) is 14.5. The summed E-state index contributed by atoms with van der Waals surface area (Å²) in [5, 5.41) is 12.4. The van der Waals surface area contributed by atoms with Gasteiger partial charge in [-0.2, -0.15) is 0 Å². The lowest BCUT2D eigenvalue weighted by Gasteiger charge is -2.22. The van der Waals surface area contributed by atoms with Gasteiger partial charge in [-0.1, -0.05) is 24.6 Å². The second-order valence-electron chi connectivity index (χ2n) is 8.48. The molecule has 2 N–H and O–H groups in total. The van der Waals surface area contributed by atoms with Crippen molar-refractivity contribution in [1.82, 2.24) is 9.62 Å². The summed E-state index contributed by atoms with van der Waals surface area (Å²) in [5.41, 5.74) is -0.0139. The molecule has 1 atom stereocenters. The van der Waals surface area contributed by atoms with Crippen LogP contribution in [0.25, 0.3) is 0 Å². The van der Waals surface area contributed by atoms with Crippen LogP contribution in [-0.2, 0) is 19.6 Å². The van der Waals surface area contributed by atoms with Gasteiger partial charge in [0.25, 0.3) is 0 Å². The van der Waals surface area contributed by atoms with Gasteiger partial charge in [0.2, 0.25) is 10.0 Å². The largest absolute Gasteiger partial charge is 0.444 e. The van der Waals surface area contributed by atoms with Crippen LogP contribution in [-0.4, -0.2) is 62.6 Å². The molecule has 1 unspecified atom stereocenters. The third-order valence-corrected chi connectivity index (χ3v) is 6.65. The average molecular weight is 457 g/mol. The molecule has 1 aromatic carbocycles. The highest BCUT2D eigenvalue weighted by atomic mass is 32.2. The Balaban J connectivity index is 2.61. The van der Waals surface area contributed by atoms with Gasteiger partial charge in [-0.25, -0.2) is 17.5 Å². The SMILES string of the molecule is CN(CCCCCNC(=O)OC(C)(C)C)S(=O)(=O)c1ccccc1C(CO)CCC=O. The highest BCUT2D eigenvalue weighted by molar-refractivity contribution is 7.89. The molecule has 0 aliphatic carbocycles. The van der Waals surface area contributed by atoms with Crippen LogP contribution in [0.1, 0.15) is 64.4 Å². The fourth-order valence-corrected chi connectivity index (χ4v) is 4.58. The molecule has 176 valence electrons. The zero-order valence-electron chi connectivity index (χ0n) is 19.0. The highest BCUT2D eigenvalue weighted by Crippen LogP contribution is 2.29. The van der Waals surface area contributed by atoms with Crippen LogP contribution in [0.15, 0.2) is 29.2 Å². The Kier molecular flexibility index (Phi) is 11.2. The van der Waals surface area contributed by atoms with E-state index in [2.05, 4.69) is 5.32 Å². The topological polar surface area (TPSA) is 113 Å². The number of alkyl carbamates (subject to hydrolysis) is 1. The first-order valence-electron chi connectivity index (χ1n) is 10.6. The van der Waals surface area contributed by atoms with Crippen LogP contribution in [0, 0.1) is 0 Å². The van der Waals surface area contributed by atoms with Gasteiger partial charge in [0.05, 0.1) is 4.90 Å². The number of unbranched alkanes of at least 4 members (excludes halogenated alkanes) is 2. The molecule has 31 heavy (non-hydrogen) atoms. The van der Waals surface area contributed by atoms with Crippen molar-refractivity contribution < 1.29 is 27.9 Å². The molecule has 0 spiro atoms. The quantitative estimate of drug-likeness (QED) is 0.348. The summed E-state index contributed by atoms with van der Waals surface area (Å²) >= 11 is 0. The molecule has 0 aliphatic heterocycles. The van der Waals surface area contributed by atoms with E-state index in [-0.39, 0.29) is 17.9 Å². The van der Waals surface area contributed by atoms with Gasteiger partial charge < -0.3 is 20.0 Å². The number of carbonyl (C=O) groups is 2. The fourth-order valence-electron chi connectivity index (χ4n) is 3.10. The smallest absolute Gasteiger partial charge is 0.407 e. The van der Waals surface area contributed by atoms with Crippen LogP contribution in [0.3, 0.4) is 0 Å². The Labute approximate surface area is 186 Å². The van der Waals surface area contributed by atoms with Crippen molar-refractivity contribution >= 4 is 22.4 Å². The number of benzene rings is 1. The number of amides is 1. The third-order valence-electron chi connectivity index (χ3n) is 4.72. The molecule has 0 radical (unpaired) electrons. The lowest BCUT2D eigenvalue weighted by Crippen LogP contribution is -2.33. The second kappa shape index (κ2) is 12.8. The summed E-state index contributed by atoms with van der Waals surface area (Å²) < 4.78 is 32.7. The number of carbonyl (C=O) groups excluding carboxylic acids is 2. The van der Waals surface area contributed by atoms with Crippen LogP contribution < -0.4 is 5.32 Å². The van der Waals surface area contributed by atoms with Gasteiger partial charge in [0.1, 0.15) is 11.9 Å². The monoisotopic (exact) mass is 456 g/mol. The summed E-state index contributed by atoms with van der Waals surface area (Å²) in [6.07, 6.45) is 3.05. The zero-order chi connectivity index (χ0) is 23.5. The molecule has 0 bridgehead atoms. The van der Waals surface area contributed by atoms with Crippen molar-refractivity contribution in [3.63, 3.8) is 0 Å². The summed E-state index contributed by atoms with van der Waals surface area (Å²) in [4.78, 5) is 22.5. The predicted molar refractivity (Wildman–Crippen MR) is 119 cm³/mol. The molecular formula is C22H36N2O6S. The van der Waals surface area contributed by atoms with E-state index in [1.807, 2.05) is 0 Å². The zero-order valence-corrected chi connectivity index (χ0v) is 19.8. The normalized spacial score (nSPS) is 13.1. The van der Waals surface area contributed by atoms with Crippen LogP contribution >= 0.6 is 0 Å². The Bertz CT molecular complexity index is 804. The lowest BCUT2D eigenvalue weighted by atomic mass is 9.95. The van der Waals surface area contributed by atoms with E-state index in [0.29, 0.717) is 37.9 Å². The van der Waals surface area contributed by atoms with Crippen molar-refractivity contribution in [2.75, 3.05) is 26.7 Å². The van der Waals surface area contributed by atoms with E-state index in [1.165, 1.54) is 17.4 Å². The van der Waals surface area contributed by atoms with Gasteiger partial charge >= 0.3 is 6.09 Å². The molecule has 8 nitrogen and oxygen atoms in total. The number of aliphatic hydroxyl groups is 1. The molecule has 1 aromatic rings. The van der Waals surface area contributed by atoms with Crippen molar-refractivity contribution in [1.29, 1.82) is 0 Å². The third kappa shape index (κ3) is 9.37. The van der Waals surface area contributed by atoms with E-state index in [9.17, 15) is 23.1 Å². The van der Waals surface area contributed by atoms with Crippen LogP contribution in [0.4, 0.5) is 4.79 Å². The predicted octanol–water partition coefficient (Wildman–Crippen LogP) is 3.06. The number of nitrogens with one attached hydrogen (secondary N) is 1. The minimum absolute atomic E-state index is 0.161. The number of ether oxygens (including phenoxy) is 1. The molecular weight excluding hydrogens is 420 g/mol. The molecule has 9 heteroatoms. The molecule has 0 saturated heterocycles. The minimum Gasteiger partial charge on any atom is -0.444 e. The minimum atomic E-state index is -3.73. The number of sulfonamides is 1. The lowest BCUT2D eigenvalue weighted by molar-refractivity contribution is -0.108. The van der Waals surface area contributed by atoms with E-state index < -0.39 is 27.6 Å². The number of rotatable bonds is 13. The average Bonchev–Trinajstić information content (AvgIpc) is 2.69. The van der Waals surface area contributed by atoms with Crippen molar-refractivity contribution in [3.05, 3.63) is 29.8 Å². The van der Waals surface area contributed by atoms with Crippen LogP contribution in [0.2, 0.25) is 0 Å². The summed E-state index contributed by atoms with van der Waals surface area (Å²) in [5.74, 6) is -0.413. The number of aliphatic hydroxyl groups excluding tert-OH is 1. The maximum absolute atomic E-state index is 13.1. The van der Waals surface area contributed by atoms with Crippen LogP contribution in [0.5, 0.6) is 0 Å². The summed E-state index contributed by atoms with van der Waals surface area (Å²) in [6.45, 7) is 5.96. The van der Waals surface area contributed by atoms with Crippen molar-refractivity contribution in [2.45, 2.75) is 69.3 Å². The van der Waals surface area contributed by atoms with Gasteiger partial charge in [0, 0.05) is 39.1 Å².